The smallest absolute Gasteiger partial charge is 0.288 e. The lowest BCUT2D eigenvalue weighted by molar-refractivity contribution is 0.102. The summed E-state index contributed by atoms with van der Waals surface area (Å²) in [5, 5.41) is 2.67. The number of anilines is 1. The van der Waals surface area contributed by atoms with E-state index in [1.807, 2.05) is 13.0 Å². The van der Waals surface area contributed by atoms with Crippen LogP contribution in [-0.4, -0.2) is 11.7 Å². The van der Waals surface area contributed by atoms with Gasteiger partial charge in [-0.05, 0) is 31.2 Å². The molecular formula is C15H13F2NOS. The van der Waals surface area contributed by atoms with E-state index in [4.69, 9.17) is 0 Å². The Bertz CT molecular complexity index is 616. The second-order valence-corrected chi connectivity index (χ2v) is 5.23. The van der Waals surface area contributed by atoms with E-state index in [1.54, 1.807) is 42.5 Å². The van der Waals surface area contributed by atoms with E-state index >= 15 is 0 Å². The molecule has 0 unspecified atom stereocenters. The van der Waals surface area contributed by atoms with Crippen molar-refractivity contribution in [1.29, 1.82) is 0 Å². The molecule has 2 nitrogen and oxygen atoms in total. The van der Waals surface area contributed by atoms with Gasteiger partial charge in [-0.15, -0.1) is 0 Å². The van der Waals surface area contributed by atoms with Crippen LogP contribution in [0.15, 0.2) is 53.4 Å². The zero-order chi connectivity index (χ0) is 14.5. The lowest BCUT2D eigenvalue weighted by atomic mass is 10.1. The van der Waals surface area contributed by atoms with Crippen LogP contribution in [-0.2, 0) is 0 Å². The lowest BCUT2D eigenvalue weighted by Crippen LogP contribution is -2.12. The van der Waals surface area contributed by atoms with Crippen molar-refractivity contribution < 1.29 is 13.6 Å². The van der Waals surface area contributed by atoms with Gasteiger partial charge < -0.3 is 5.32 Å². The molecule has 2 rings (SSSR count). The molecule has 0 aromatic heterocycles. The summed E-state index contributed by atoms with van der Waals surface area (Å²) in [5.41, 5.74) is 1.86. The van der Waals surface area contributed by atoms with Crippen molar-refractivity contribution in [2.45, 2.75) is 17.6 Å². The number of thioether (sulfide) groups is 1. The fraction of sp³-hybridized carbons (Fsp3) is 0.133. The monoisotopic (exact) mass is 293 g/mol. The highest BCUT2D eigenvalue weighted by molar-refractivity contribution is 7.99. The van der Waals surface area contributed by atoms with Gasteiger partial charge in [-0.25, -0.2) is 0 Å². The number of nitrogens with one attached hydrogen (secondary N) is 1. The molecule has 0 aliphatic heterocycles. The molecule has 20 heavy (non-hydrogen) atoms. The fourth-order valence-electron chi connectivity index (χ4n) is 1.75. The third kappa shape index (κ3) is 3.81. The van der Waals surface area contributed by atoms with Crippen LogP contribution in [0.3, 0.4) is 0 Å². The molecule has 2 aromatic rings. The third-order valence-corrected chi connectivity index (χ3v) is 3.42. The summed E-state index contributed by atoms with van der Waals surface area (Å²) in [6.07, 6.45) is 0. The first kappa shape index (κ1) is 14.5. The maximum atomic E-state index is 12.5. The van der Waals surface area contributed by atoms with Crippen LogP contribution in [0.25, 0.3) is 0 Å². The van der Waals surface area contributed by atoms with Gasteiger partial charge in [-0.2, -0.15) is 8.78 Å². The van der Waals surface area contributed by atoms with Crippen LogP contribution >= 0.6 is 11.8 Å². The molecule has 0 saturated carbocycles. The molecule has 104 valence electrons. The average molecular weight is 293 g/mol. The summed E-state index contributed by atoms with van der Waals surface area (Å²) in [6, 6.07) is 13.6. The number of hydrogen-bond acceptors (Lipinski definition) is 2. The number of halogens is 2. The van der Waals surface area contributed by atoms with Gasteiger partial charge in [0.05, 0.1) is 5.69 Å². The number of alkyl halides is 2. The van der Waals surface area contributed by atoms with E-state index in [0.717, 1.165) is 5.56 Å². The zero-order valence-corrected chi connectivity index (χ0v) is 11.6. The Morgan fingerprint density at radius 2 is 1.90 bits per heavy atom. The second kappa shape index (κ2) is 6.52. The van der Waals surface area contributed by atoms with Crippen molar-refractivity contribution in [2.75, 3.05) is 5.32 Å². The SMILES string of the molecule is Cc1cccc(C(=O)Nc2ccccc2SC(F)F)c1. The molecule has 0 aliphatic rings. The lowest BCUT2D eigenvalue weighted by Gasteiger charge is -2.10. The number of hydrogen-bond donors (Lipinski definition) is 1. The van der Waals surface area contributed by atoms with Gasteiger partial charge in [0.15, 0.2) is 0 Å². The van der Waals surface area contributed by atoms with Crippen molar-refractivity contribution >= 4 is 23.4 Å². The Labute approximate surface area is 120 Å². The van der Waals surface area contributed by atoms with Crippen LogP contribution in [0.2, 0.25) is 0 Å². The Morgan fingerprint density at radius 1 is 1.15 bits per heavy atom. The van der Waals surface area contributed by atoms with Crippen molar-refractivity contribution in [3.8, 4) is 0 Å². The first-order chi connectivity index (χ1) is 9.56. The van der Waals surface area contributed by atoms with Crippen molar-refractivity contribution in [1.82, 2.24) is 0 Å². The van der Waals surface area contributed by atoms with E-state index in [0.29, 0.717) is 27.9 Å². The molecular weight excluding hydrogens is 280 g/mol. The molecule has 0 radical (unpaired) electrons. The predicted molar refractivity (Wildman–Crippen MR) is 77.4 cm³/mol. The summed E-state index contributed by atoms with van der Waals surface area (Å²) in [5.74, 6) is -2.83. The Hall–Kier alpha value is -1.88. The summed E-state index contributed by atoms with van der Waals surface area (Å²) in [4.78, 5) is 12.4. The van der Waals surface area contributed by atoms with E-state index in [-0.39, 0.29) is 5.91 Å². The molecule has 2 aromatic carbocycles. The van der Waals surface area contributed by atoms with Crippen LogP contribution in [0.4, 0.5) is 14.5 Å². The maximum absolute atomic E-state index is 12.5. The minimum Gasteiger partial charge on any atom is -0.321 e. The van der Waals surface area contributed by atoms with Gasteiger partial charge in [-0.3, -0.25) is 4.79 Å². The van der Waals surface area contributed by atoms with E-state index in [2.05, 4.69) is 5.32 Å². The summed E-state index contributed by atoms with van der Waals surface area (Å²) >= 11 is 0.417. The van der Waals surface area contributed by atoms with Gasteiger partial charge in [-0.1, -0.05) is 41.6 Å². The minimum atomic E-state index is -2.52. The highest BCUT2D eigenvalue weighted by atomic mass is 32.2. The number of rotatable bonds is 4. The highest BCUT2D eigenvalue weighted by Gasteiger charge is 2.12. The first-order valence-electron chi connectivity index (χ1n) is 5.98. The molecule has 0 heterocycles. The van der Waals surface area contributed by atoms with Crippen LogP contribution < -0.4 is 5.32 Å². The third-order valence-electron chi connectivity index (χ3n) is 2.63. The summed E-state index contributed by atoms with van der Waals surface area (Å²) in [6.45, 7) is 1.89. The van der Waals surface area contributed by atoms with Crippen LogP contribution in [0.1, 0.15) is 15.9 Å². The number of amides is 1. The van der Waals surface area contributed by atoms with Gasteiger partial charge in [0.2, 0.25) is 0 Å². The normalized spacial score (nSPS) is 10.6. The number of carbonyl (C=O) groups is 1. The highest BCUT2D eigenvalue weighted by Crippen LogP contribution is 2.31. The van der Waals surface area contributed by atoms with E-state index < -0.39 is 5.76 Å². The van der Waals surface area contributed by atoms with Crippen molar-refractivity contribution in [3.63, 3.8) is 0 Å². The molecule has 1 N–H and O–H groups in total. The van der Waals surface area contributed by atoms with Crippen molar-refractivity contribution in [2.24, 2.45) is 0 Å². The van der Waals surface area contributed by atoms with Crippen LogP contribution in [0, 0.1) is 6.92 Å². The Morgan fingerprint density at radius 3 is 2.60 bits per heavy atom. The number of para-hydroxylation sites is 1. The number of carbonyl (C=O) groups excluding carboxylic acids is 1. The minimum absolute atomic E-state index is 0.309. The average Bonchev–Trinajstić information content (AvgIpc) is 2.40. The van der Waals surface area contributed by atoms with E-state index in [1.165, 1.54) is 0 Å². The fourth-order valence-corrected chi connectivity index (χ4v) is 2.34. The quantitative estimate of drug-likeness (QED) is 0.837. The van der Waals surface area contributed by atoms with Crippen LogP contribution in [0.5, 0.6) is 0 Å². The van der Waals surface area contributed by atoms with Gasteiger partial charge >= 0.3 is 0 Å². The summed E-state index contributed by atoms with van der Waals surface area (Å²) < 4.78 is 24.9. The first-order valence-corrected chi connectivity index (χ1v) is 6.86. The largest absolute Gasteiger partial charge is 0.321 e. The van der Waals surface area contributed by atoms with E-state index in [9.17, 15) is 13.6 Å². The van der Waals surface area contributed by atoms with Gasteiger partial charge in [0.25, 0.3) is 11.7 Å². The molecule has 0 atom stereocenters. The molecule has 0 spiro atoms. The molecule has 0 aliphatic carbocycles. The topological polar surface area (TPSA) is 29.1 Å². The van der Waals surface area contributed by atoms with Gasteiger partial charge in [0, 0.05) is 10.5 Å². The zero-order valence-electron chi connectivity index (χ0n) is 10.8. The predicted octanol–water partition coefficient (Wildman–Crippen LogP) is 4.56. The summed E-state index contributed by atoms with van der Waals surface area (Å²) in [7, 11) is 0. The Kier molecular flexibility index (Phi) is 4.74. The molecule has 5 heteroatoms. The number of benzene rings is 2. The molecule has 1 amide bonds. The molecule has 0 bridgehead atoms. The molecule has 0 fully saturated rings. The maximum Gasteiger partial charge on any atom is 0.288 e. The number of aryl methyl sites for hydroxylation is 1. The molecule has 0 saturated heterocycles. The van der Waals surface area contributed by atoms with Crippen molar-refractivity contribution in [3.05, 3.63) is 59.7 Å². The Balaban J connectivity index is 2.19. The van der Waals surface area contributed by atoms with Gasteiger partial charge in [0.1, 0.15) is 0 Å². The standard InChI is InChI=1S/C15H13F2NOS/c1-10-5-4-6-11(9-10)14(19)18-12-7-2-3-8-13(12)20-15(16)17/h2-9,15H,1H3,(H,18,19). The second-order valence-electron chi connectivity index (χ2n) is 4.20.